The molecule has 1 aliphatic rings. The number of anilines is 1. The molecule has 2 aromatic carbocycles. The molecule has 1 atom stereocenters. The third kappa shape index (κ3) is 2.54. The normalized spacial score (nSPS) is 17.5. The lowest BCUT2D eigenvalue weighted by Crippen LogP contribution is -2.17. The monoisotopic (exact) mass is 273 g/mol. The number of methoxy groups -OCH3 is 1. The number of aryl methyl sites for hydroxylation is 1. The summed E-state index contributed by atoms with van der Waals surface area (Å²) in [6.07, 6.45) is 2.14. The largest absolute Gasteiger partial charge is 0.497 e. The summed E-state index contributed by atoms with van der Waals surface area (Å²) < 4.78 is 5.19. The summed E-state index contributed by atoms with van der Waals surface area (Å²) in [7, 11) is 1.69. The van der Waals surface area contributed by atoms with Crippen LogP contribution in [0.4, 0.5) is 5.69 Å². The van der Waals surface area contributed by atoms with E-state index in [1.165, 1.54) is 16.8 Å². The van der Waals surface area contributed by atoms with E-state index in [9.17, 15) is 0 Å². The molecule has 0 spiro atoms. The first-order valence-electron chi connectivity index (χ1n) is 6.45. The first-order chi connectivity index (χ1) is 9.26. The molecule has 0 amide bonds. The third-order valence-corrected chi connectivity index (χ3v) is 3.85. The summed E-state index contributed by atoms with van der Waals surface area (Å²) in [6, 6.07) is 14.7. The fraction of sp³-hybridized carbons (Fsp3) is 0.250. The van der Waals surface area contributed by atoms with E-state index in [4.69, 9.17) is 16.3 Å². The Morgan fingerprint density at radius 2 is 1.95 bits per heavy atom. The van der Waals surface area contributed by atoms with Gasteiger partial charge in [-0.05, 0) is 54.3 Å². The average molecular weight is 274 g/mol. The van der Waals surface area contributed by atoms with Gasteiger partial charge in [-0.25, -0.2) is 0 Å². The molecule has 0 bridgehead atoms. The first kappa shape index (κ1) is 12.4. The van der Waals surface area contributed by atoms with Gasteiger partial charge in [-0.3, -0.25) is 0 Å². The van der Waals surface area contributed by atoms with E-state index in [1.807, 2.05) is 24.3 Å². The van der Waals surface area contributed by atoms with Crippen molar-refractivity contribution in [1.82, 2.24) is 0 Å². The van der Waals surface area contributed by atoms with Crippen molar-refractivity contribution in [2.24, 2.45) is 0 Å². The highest BCUT2D eigenvalue weighted by molar-refractivity contribution is 6.30. The second kappa shape index (κ2) is 5.14. The Morgan fingerprint density at radius 3 is 2.68 bits per heavy atom. The lowest BCUT2D eigenvalue weighted by atomic mass is 9.93. The molecule has 0 fully saturated rings. The van der Waals surface area contributed by atoms with Crippen LogP contribution in [0.5, 0.6) is 5.75 Å². The van der Waals surface area contributed by atoms with E-state index in [1.54, 1.807) is 7.11 Å². The fourth-order valence-electron chi connectivity index (χ4n) is 2.56. The molecular weight excluding hydrogens is 258 g/mol. The van der Waals surface area contributed by atoms with Crippen LogP contribution in [0.2, 0.25) is 5.02 Å². The van der Waals surface area contributed by atoms with Gasteiger partial charge in [0.05, 0.1) is 13.2 Å². The van der Waals surface area contributed by atoms with Crippen LogP contribution in [0, 0.1) is 0 Å². The van der Waals surface area contributed by atoms with Gasteiger partial charge in [-0.1, -0.05) is 23.7 Å². The Bertz CT molecular complexity index is 580. The standard InChI is InChI=1S/C16H16ClNO/c1-19-14-6-2-11(3-7-14)15-8-4-12-10-13(17)5-9-16(12)18-15/h2-3,5-7,9-10,15,18H,4,8H2,1H3/t15-/m1/s1. The highest BCUT2D eigenvalue weighted by Crippen LogP contribution is 2.34. The molecule has 1 aliphatic heterocycles. The SMILES string of the molecule is COc1ccc([C@H]2CCc3cc(Cl)ccc3N2)cc1. The highest BCUT2D eigenvalue weighted by Gasteiger charge is 2.19. The smallest absolute Gasteiger partial charge is 0.118 e. The van der Waals surface area contributed by atoms with Gasteiger partial charge in [0, 0.05) is 10.7 Å². The average Bonchev–Trinajstić information content (AvgIpc) is 2.47. The number of nitrogens with one attached hydrogen (secondary N) is 1. The van der Waals surface area contributed by atoms with E-state index >= 15 is 0 Å². The summed E-state index contributed by atoms with van der Waals surface area (Å²) >= 11 is 6.02. The Morgan fingerprint density at radius 1 is 1.16 bits per heavy atom. The molecular formula is C16H16ClNO. The van der Waals surface area contributed by atoms with Crippen LogP contribution in [-0.2, 0) is 6.42 Å². The maximum Gasteiger partial charge on any atom is 0.118 e. The lowest BCUT2D eigenvalue weighted by molar-refractivity contribution is 0.414. The number of halogens is 1. The molecule has 2 aromatic rings. The van der Waals surface area contributed by atoms with Gasteiger partial charge in [0.25, 0.3) is 0 Å². The lowest BCUT2D eigenvalue weighted by Gasteiger charge is -2.27. The topological polar surface area (TPSA) is 21.3 Å². The van der Waals surface area contributed by atoms with Gasteiger partial charge < -0.3 is 10.1 Å². The minimum Gasteiger partial charge on any atom is -0.497 e. The molecule has 0 radical (unpaired) electrons. The van der Waals surface area contributed by atoms with Crippen LogP contribution in [0.3, 0.4) is 0 Å². The van der Waals surface area contributed by atoms with Gasteiger partial charge in [0.15, 0.2) is 0 Å². The Kier molecular flexibility index (Phi) is 3.34. The van der Waals surface area contributed by atoms with E-state index in [0.717, 1.165) is 23.6 Å². The summed E-state index contributed by atoms with van der Waals surface area (Å²) in [5, 5.41) is 4.39. The summed E-state index contributed by atoms with van der Waals surface area (Å²) in [6.45, 7) is 0. The Balaban J connectivity index is 1.82. The molecule has 0 aromatic heterocycles. The minimum absolute atomic E-state index is 0.361. The predicted molar refractivity (Wildman–Crippen MR) is 79.1 cm³/mol. The summed E-state index contributed by atoms with van der Waals surface area (Å²) in [4.78, 5) is 0. The molecule has 0 aliphatic carbocycles. The van der Waals surface area contributed by atoms with Crippen molar-refractivity contribution in [2.75, 3.05) is 12.4 Å². The molecule has 0 saturated heterocycles. The van der Waals surface area contributed by atoms with Gasteiger partial charge in [0.1, 0.15) is 5.75 Å². The molecule has 1 N–H and O–H groups in total. The molecule has 19 heavy (non-hydrogen) atoms. The number of hydrogen-bond acceptors (Lipinski definition) is 2. The van der Waals surface area contributed by atoms with E-state index in [2.05, 4.69) is 23.5 Å². The maximum atomic E-state index is 6.02. The molecule has 3 heteroatoms. The van der Waals surface area contributed by atoms with Gasteiger partial charge in [-0.2, -0.15) is 0 Å². The zero-order chi connectivity index (χ0) is 13.2. The van der Waals surface area contributed by atoms with Crippen molar-refractivity contribution < 1.29 is 4.74 Å². The van der Waals surface area contributed by atoms with E-state index < -0.39 is 0 Å². The van der Waals surface area contributed by atoms with Crippen LogP contribution >= 0.6 is 11.6 Å². The molecule has 2 nitrogen and oxygen atoms in total. The van der Waals surface area contributed by atoms with Crippen molar-refractivity contribution in [3.8, 4) is 5.75 Å². The van der Waals surface area contributed by atoms with Gasteiger partial charge >= 0.3 is 0 Å². The second-order valence-electron chi connectivity index (χ2n) is 4.81. The highest BCUT2D eigenvalue weighted by atomic mass is 35.5. The van der Waals surface area contributed by atoms with Crippen LogP contribution < -0.4 is 10.1 Å². The number of hydrogen-bond donors (Lipinski definition) is 1. The summed E-state index contributed by atoms with van der Waals surface area (Å²) in [5.74, 6) is 0.895. The van der Waals surface area contributed by atoms with Crippen LogP contribution in [0.25, 0.3) is 0 Å². The van der Waals surface area contributed by atoms with Crippen molar-refractivity contribution in [3.63, 3.8) is 0 Å². The van der Waals surface area contributed by atoms with E-state index in [0.29, 0.717) is 6.04 Å². The number of fused-ring (bicyclic) bond motifs is 1. The first-order valence-corrected chi connectivity index (χ1v) is 6.83. The molecule has 0 unspecified atom stereocenters. The zero-order valence-electron chi connectivity index (χ0n) is 10.8. The third-order valence-electron chi connectivity index (χ3n) is 3.62. The van der Waals surface area contributed by atoms with Crippen LogP contribution in [-0.4, -0.2) is 7.11 Å². The van der Waals surface area contributed by atoms with Crippen LogP contribution in [0.1, 0.15) is 23.6 Å². The molecule has 98 valence electrons. The quantitative estimate of drug-likeness (QED) is 0.873. The van der Waals surface area contributed by atoms with Crippen molar-refractivity contribution >= 4 is 17.3 Å². The van der Waals surface area contributed by atoms with Crippen molar-refractivity contribution in [2.45, 2.75) is 18.9 Å². The van der Waals surface area contributed by atoms with Crippen LogP contribution in [0.15, 0.2) is 42.5 Å². The summed E-state index contributed by atoms with van der Waals surface area (Å²) in [5.41, 5.74) is 3.79. The van der Waals surface area contributed by atoms with Gasteiger partial charge in [-0.15, -0.1) is 0 Å². The zero-order valence-corrected chi connectivity index (χ0v) is 11.6. The minimum atomic E-state index is 0.361. The predicted octanol–water partition coefficient (Wildman–Crippen LogP) is 4.45. The van der Waals surface area contributed by atoms with Crippen molar-refractivity contribution in [3.05, 3.63) is 58.6 Å². The van der Waals surface area contributed by atoms with Gasteiger partial charge in [0.2, 0.25) is 0 Å². The Labute approximate surface area is 118 Å². The second-order valence-corrected chi connectivity index (χ2v) is 5.25. The molecule has 0 saturated carbocycles. The fourth-order valence-corrected chi connectivity index (χ4v) is 2.75. The molecule has 1 heterocycles. The number of ether oxygens (including phenoxy) is 1. The molecule has 3 rings (SSSR count). The number of rotatable bonds is 2. The number of benzene rings is 2. The van der Waals surface area contributed by atoms with Crippen molar-refractivity contribution in [1.29, 1.82) is 0 Å². The Hall–Kier alpha value is -1.67. The van der Waals surface area contributed by atoms with E-state index in [-0.39, 0.29) is 0 Å². The maximum absolute atomic E-state index is 6.02.